The van der Waals surface area contributed by atoms with Crippen molar-refractivity contribution in [2.24, 2.45) is 0 Å². The van der Waals surface area contributed by atoms with Gasteiger partial charge in [-0.25, -0.2) is 0 Å². The second-order valence-corrected chi connectivity index (χ2v) is 4.78. The molecule has 2 rings (SSSR count). The first-order valence-corrected chi connectivity index (χ1v) is 6.71. The monoisotopic (exact) mass is 307 g/mol. The Bertz CT molecular complexity index is 677. The lowest BCUT2D eigenvalue weighted by Gasteiger charge is -2.10. The molecule has 1 aromatic carbocycles. The summed E-state index contributed by atoms with van der Waals surface area (Å²) >= 11 is 5.92. The van der Waals surface area contributed by atoms with Crippen molar-refractivity contribution in [3.63, 3.8) is 0 Å². The van der Waals surface area contributed by atoms with Gasteiger partial charge >= 0.3 is 0 Å². The highest BCUT2D eigenvalue weighted by Gasteiger charge is 2.13. The molecule has 2 aromatic rings. The van der Waals surface area contributed by atoms with Crippen LogP contribution in [0.25, 0.3) is 0 Å². The fourth-order valence-corrected chi connectivity index (χ4v) is 1.88. The summed E-state index contributed by atoms with van der Waals surface area (Å²) in [4.78, 5) is 14.7. The lowest BCUT2D eigenvalue weighted by atomic mass is 10.2. The van der Waals surface area contributed by atoms with Crippen LogP contribution < -0.4 is 10.1 Å². The van der Waals surface area contributed by atoms with Crippen molar-refractivity contribution < 1.29 is 9.66 Å². The van der Waals surface area contributed by atoms with Crippen LogP contribution in [0.1, 0.15) is 12.5 Å². The Labute approximate surface area is 126 Å². The summed E-state index contributed by atoms with van der Waals surface area (Å²) in [6.07, 6.45) is 0. The van der Waals surface area contributed by atoms with Gasteiger partial charge in [0.25, 0.3) is 5.69 Å². The number of anilines is 1. The summed E-state index contributed by atoms with van der Waals surface area (Å²) in [5.41, 5.74) is 0.772. The predicted octanol–water partition coefficient (Wildman–Crippen LogP) is 4.18. The van der Waals surface area contributed by atoms with Gasteiger partial charge in [0.05, 0.1) is 17.1 Å². The fraction of sp³-hybridized carbons (Fsp3) is 0.214. The molecule has 0 saturated heterocycles. The van der Waals surface area contributed by atoms with Crippen LogP contribution in [0.15, 0.2) is 30.3 Å². The number of ether oxygens (including phenoxy) is 1. The number of aromatic nitrogens is 1. The van der Waals surface area contributed by atoms with Gasteiger partial charge in [-0.15, -0.1) is 0 Å². The molecule has 0 radical (unpaired) electrons. The zero-order chi connectivity index (χ0) is 15.4. The van der Waals surface area contributed by atoms with Crippen LogP contribution >= 0.6 is 11.6 Å². The van der Waals surface area contributed by atoms with Crippen molar-refractivity contribution in [1.29, 1.82) is 0 Å². The van der Waals surface area contributed by atoms with Crippen molar-refractivity contribution >= 4 is 23.1 Å². The summed E-state index contributed by atoms with van der Waals surface area (Å²) in [6.45, 7) is 4.33. The van der Waals surface area contributed by atoms with E-state index in [-0.39, 0.29) is 11.6 Å². The number of halogens is 1. The van der Waals surface area contributed by atoms with Gasteiger partial charge in [0.1, 0.15) is 11.6 Å². The molecule has 1 N–H and O–H groups in total. The molecule has 1 aromatic heterocycles. The lowest BCUT2D eigenvalue weighted by molar-refractivity contribution is -0.384. The summed E-state index contributed by atoms with van der Waals surface area (Å²) in [5.74, 6) is 1.05. The normalized spacial score (nSPS) is 10.2. The molecule has 0 fully saturated rings. The summed E-state index contributed by atoms with van der Waals surface area (Å²) in [7, 11) is 0. The topological polar surface area (TPSA) is 77.3 Å². The van der Waals surface area contributed by atoms with Crippen LogP contribution in [-0.2, 0) is 0 Å². The highest BCUT2D eigenvalue weighted by atomic mass is 35.5. The number of hydrogen-bond acceptors (Lipinski definition) is 5. The molecule has 0 atom stereocenters. The summed E-state index contributed by atoms with van der Waals surface area (Å²) in [5, 5.41) is 14.4. The van der Waals surface area contributed by atoms with Gasteiger partial charge in [-0.05, 0) is 31.5 Å². The second-order valence-electron chi connectivity index (χ2n) is 4.35. The van der Waals surface area contributed by atoms with Crippen molar-refractivity contribution in [2.45, 2.75) is 13.8 Å². The molecule has 21 heavy (non-hydrogen) atoms. The first-order valence-electron chi connectivity index (χ1n) is 6.34. The van der Waals surface area contributed by atoms with E-state index >= 15 is 0 Å². The third-order valence-electron chi connectivity index (χ3n) is 2.72. The number of pyridine rings is 1. The molecule has 7 heteroatoms. The Kier molecular flexibility index (Phi) is 4.59. The van der Waals surface area contributed by atoms with E-state index in [1.54, 1.807) is 18.2 Å². The summed E-state index contributed by atoms with van der Waals surface area (Å²) in [6, 6.07) is 7.83. The molecule has 0 aliphatic carbocycles. The number of benzene rings is 1. The molecule has 6 nitrogen and oxygen atoms in total. The van der Waals surface area contributed by atoms with Crippen molar-refractivity contribution in [3.8, 4) is 11.6 Å². The number of nitro groups is 1. The Morgan fingerprint density at radius 3 is 2.81 bits per heavy atom. The van der Waals surface area contributed by atoms with E-state index in [0.29, 0.717) is 23.1 Å². The van der Waals surface area contributed by atoms with Gasteiger partial charge in [0.2, 0.25) is 5.88 Å². The van der Waals surface area contributed by atoms with E-state index in [0.717, 1.165) is 5.56 Å². The zero-order valence-corrected chi connectivity index (χ0v) is 12.3. The van der Waals surface area contributed by atoms with Gasteiger partial charge in [-0.3, -0.25) is 10.1 Å². The second kappa shape index (κ2) is 6.41. The van der Waals surface area contributed by atoms with Crippen LogP contribution in [-0.4, -0.2) is 16.5 Å². The SMILES string of the molecule is CCNc1cc([N+](=O)[O-])cc(Oc2cc(Cl)ccc2C)n1. The van der Waals surface area contributed by atoms with E-state index in [1.165, 1.54) is 12.1 Å². The molecular weight excluding hydrogens is 294 g/mol. The molecule has 0 aliphatic heterocycles. The highest BCUT2D eigenvalue weighted by Crippen LogP contribution is 2.30. The van der Waals surface area contributed by atoms with Gasteiger partial charge in [-0.1, -0.05) is 17.7 Å². The van der Waals surface area contributed by atoms with Crippen LogP contribution in [0.2, 0.25) is 5.02 Å². The van der Waals surface area contributed by atoms with E-state index in [4.69, 9.17) is 16.3 Å². The van der Waals surface area contributed by atoms with Gasteiger partial charge < -0.3 is 10.1 Å². The Morgan fingerprint density at radius 2 is 2.14 bits per heavy atom. The quantitative estimate of drug-likeness (QED) is 0.662. The molecule has 0 spiro atoms. The molecule has 0 bridgehead atoms. The molecule has 0 unspecified atom stereocenters. The largest absolute Gasteiger partial charge is 0.438 e. The van der Waals surface area contributed by atoms with Crippen LogP contribution in [0, 0.1) is 17.0 Å². The molecular formula is C14H14ClN3O3. The third-order valence-corrected chi connectivity index (χ3v) is 2.96. The minimum absolute atomic E-state index is 0.0874. The maximum Gasteiger partial charge on any atom is 0.278 e. The minimum Gasteiger partial charge on any atom is -0.438 e. The molecule has 0 saturated carbocycles. The maximum absolute atomic E-state index is 11.0. The Hall–Kier alpha value is -2.34. The number of rotatable bonds is 5. The summed E-state index contributed by atoms with van der Waals surface area (Å²) < 4.78 is 5.63. The fourth-order valence-electron chi connectivity index (χ4n) is 1.72. The smallest absolute Gasteiger partial charge is 0.278 e. The van der Waals surface area contributed by atoms with Crippen LogP contribution in [0.4, 0.5) is 11.5 Å². The Morgan fingerprint density at radius 1 is 1.38 bits per heavy atom. The number of hydrogen-bond donors (Lipinski definition) is 1. The van der Waals surface area contributed by atoms with Crippen LogP contribution in [0.3, 0.4) is 0 Å². The van der Waals surface area contributed by atoms with Gasteiger partial charge in [0.15, 0.2) is 0 Å². The molecule has 1 heterocycles. The highest BCUT2D eigenvalue weighted by molar-refractivity contribution is 6.30. The number of aryl methyl sites for hydroxylation is 1. The Balaban J connectivity index is 2.38. The van der Waals surface area contributed by atoms with E-state index in [2.05, 4.69) is 10.3 Å². The van der Waals surface area contributed by atoms with E-state index in [9.17, 15) is 10.1 Å². The predicted molar refractivity (Wildman–Crippen MR) is 81.3 cm³/mol. The molecule has 110 valence electrons. The average molecular weight is 308 g/mol. The van der Waals surface area contributed by atoms with Crippen LogP contribution in [0.5, 0.6) is 11.6 Å². The molecule has 0 aliphatic rings. The number of nitrogens with zero attached hydrogens (tertiary/aromatic N) is 2. The van der Waals surface area contributed by atoms with Gasteiger partial charge in [-0.2, -0.15) is 4.98 Å². The van der Waals surface area contributed by atoms with E-state index < -0.39 is 4.92 Å². The first-order chi connectivity index (χ1) is 9.99. The maximum atomic E-state index is 11.0. The zero-order valence-electron chi connectivity index (χ0n) is 11.6. The first kappa shape index (κ1) is 15.1. The van der Waals surface area contributed by atoms with Crippen molar-refractivity contribution in [1.82, 2.24) is 4.98 Å². The third kappa shape index (κ3) is 3.82. The minimum atomic E-state index is -0.486. The van der Waals surface area contributed by atoms with Crippen molar-refractivity contribution in [2.75, 3.05) is 11.9 Å². The van der Waals surface area contributed by atoms with E-state index in [1.807, 2.05) is 13.8 Å². The molecule has 0 amide bonds. The number of nitrogens with one attached hydrogen (secondary N) is 1. The average Bonchev–Trinajstić information content (AvgIpc) is 2.43. The van der Waals surface area contributed by atoms with Crippen molar-refractivity contribution in [3.05, 3.63) is 51.0 Å². The standard InChI is InChI=1S/C14H14ClN3O3/c1-3-16-13-7-11(18(19)20)8-14(17-13)21-12-6-10(15)5-4-9(12)2/h4-8H,3H2,1-2H3,(H,16,17). The van der Waals surface area contributed by atoms with Gasteiger partial charge in [0, 0.05) is 11.6 Å². The lowest BCUT2D eigenvalue weighted by Crippen LogP contribution is -2.02.